The van der Waals surface area contributed by atoms with E-state index in [2.05, 4.69) is 16.0 Å². The van der Waals surface area contributed by atoms with Crippen LogP contribution in [0.25, 0.3) is 0 Å². The molecule has 24 heavy (non-hydrogen) atoms. The molecule has 3 amide bonds. The van der Waals surface area contributed by atoms with Crippen molar-refractivity contribution in [3.8, 4) is 0 Å². The lowest BCUT2D eigenvalue weighted by molar-refractivity contribution is -0.140. The smallest absolute Gasteiger partial charge is 0.325 e. The lowest BCUT2D eigenvalue weighted by Gasteiger charge is -2.19. The van der Waals surface area contributed by atoms with Crippen LogP contribution in [0.3, 0.4) is 0 Å². The molecular weight excluding hydrogens is 310 g/mol. The number of amides is 3. The third-order valence-electron chi connectivity index (χ3n) is 3.59. The van der Waals surface area contributed by atoms with E-state index < -0.39 is 30.0 Å². The topological polar surface area (TPSA) is 108 Å². The highest BCUT2D eigenvalue weighted by Crippen LogP contribution is 2.15. The number of nitrogens with one attached hydrogen (secondary N) is 3. The van der Waals surface area contributed by atoms with Crippen LogP contribution in [0, 0.1) is 13.8 Å². The average molecular weight is 335 g/mol. The zero-order valence-electron chi connectivity index (χ0n) is 14.5. The third-order valence-corrected chi connectivity index (χ3v) is 3.59. The van der Waals surface area contributed by atoms with Crippen LogP contribution in [0.1, 0.15) is 37.8 Å². The number of benzene rings is 1. The van der Waals surface area contributed by atoms with Crippen LogP contribution < -0.4 is 16.0 Å². The van der Waals surface area contributed by atoms with Gasteiger partial charge in [-0.3, -0.25) is 20.2 Å². The van der Waals surface area contributed by atoms with E-state index in [-0.39, 0.29) is 0 Å². The van der Waals surface area contributed by atoms with Crippen LogP contribution in [0.2, 0.25) is 0 Å². The molecule has 0 radical (unpaired) electrons. The number of carboxylic acid groups (broad SMARTS) is 1. The average Bonchev–Trinajstić information content (AvgIpc) is 2.49. The standard InChI is InChI=1S/C17H25N3O4/c1-5-6-14(16(22)23)18-12(4)15(21)20-17(24)19-13-8-7-10(2)9-11(13)3/h7-9,12,14,18H,5-6H2,1-4H3,(H,22,23)(H2,19,20,21,24). The maximum absolute atomic E-state index is 12.0. The van der Waals surface area contributed by atoms with Crippen molar-refractivity contribution in [3.63, 3.8) is 0 Å². The Bertz CT molecular complexity index is 616. The molecule has 4 N–H and O–H groups in total. The number of rotatable bonds is 7. The van der Waals surface area contributed by atoms with E-state index in [9.17, 15) is 14.4 Å². The fourth-order valence-corrected chi connectivity index (χ4v) is 2.27. The highest BCUT2D eigenvalue weighted by molar-refractivity contribution is 6.03. The van der Waals surface area contributed by atoms with Crippen LogP contribution in [-0.2, 0) is 9.59 Å². The minimum atomic E-state index is -1.02. The van der Waals surface area contributed by atoms with Gasteiger partial charge in [-0.05, 0) is 38.8 Å². The molecule has 7 heteroatoms. The lowest BCUT2D eigenvalue weighted by Crippen LogP contribution is -2.51. The number of anilines is 1. The van der Waals surface area contributed by atoms with Crippen molar-refractivity contribution in [3.05, 3.63) is 29.3 Å². The lowest BCUT2D eigenvalue weighted by atomic mass is 10.1. The first-order valence-corrected chi connectivity index (χ1v) is 7.92. The SMILES string of the molecule is CCCC(NC(C)C(=O)NC(=O)Nc1ccc(C)cc1C)C(=O)O. The summed E-state index contributed by atoms with van der Waals surface area (Å²) in [6.07, 6.45) is 1.08. The minimum absolute atomic E-state index is 0.404. The zero-order chi connectivity index (χ0) is 18.3. The molecule has 0 aromatic heterocycles. The van der Waals surface area contributed by atoms with Crippen LogP contribution >= 0.6 is 0 Å². The molecular formula is C17H25N3O4. The Morgan fingerprint density at radius 3 is 2.42 bits per heavy atom. The van der Waals surface area contributed by atoms with E-state index in [1.165, 1.54) is 6.92 Å². The Morgan fingerprint density at radius 1 is 1.21 bits per heavy atom. The molecule has 0 fully saturated rings. The van der Waals surface area contributed by atoms with Crippen molar-refractivity contribution >= 4 is 23.6 Å². The van der Waals surface area contributed by atoms with E-state index in [1.807, 2.05) is 32.9 Å². The number of aryl methyl sites for hydroxylation is 2. The van der Waals surface area contributed by atoms with Gasteiger partial charge >= 0.3 is 12.0 Å². The molecule has 0 aliphatic carbocycles. The van der Waals surface area contributed by atoms with Gasteiger partial charge in [-0.1, -0.05) is 31.0 Å². The van der Waals surface area contributed by atoms with E-state index in [1.54, 1.807) is 6.07 Å². The van der Waals surface area contributed by atoms with E-state index in [0.717, 1.165) is 11.1 Å². The highest BCUT2D eigenvalue weighted by Gasteiger charge is 2.23. The summed E-state index contributed by atoms with van der Waals surface area (Å²) in [4.78, 5) is 35.0. The van der Waals surface area contributed by atoms with Crippen LogP contribution in [-0.4, -0.2) is 35.1 Å². The van der Waals surface area contributed by atoms with Crippen molar-refractivity contribution in [2.75, 3.05) is 5.32 Å². The maximum atomic E-state index is 12.0. The monoisotopic (exact) mass is 335 g/mol. The fourth-order valence-electron chi connectivity index (χ4n) is 2.27. The molecule has 1 aromatic carbocycles. The summed E-state index contributed by atoms with van der Waals surface area (Å²) in [5.74, 6) is -1.60. The predicted octanol–water partition coefficient (Wildman–Crippen LogP) is 2.18. The van der Waals surface area contributed by atoms with Gasteiger partial charge in [-0.2, -0.15) is 0 Å². The van der Waals surface area contributed by atoms with Crippen molar-refractivity contribution in [1.82, 2.24) is 10.6 Å². The Hall–Kier alpha value is -2.41. The number of urea groups is 1. The van der Waals surface area contributed by atoms with Gasteiger partial charge in [0, 0.05) is 5.69 Å². The number of aliphatic carboxylic acids is 1. The van der Waals surface area contributed by atoms with Gasteiger partial charge in [-0.15, -0.1) is 0 Å². The molecule has 2 atom stereocenters. The fraction of sp³-hybridized carbons (Fsp3) is 0.471. The molecule has 0 saturated carbocycles. The van der Waals surface area contributed by atoms with Crippen LogP contribution in [0.4, 0.5) is 10.5 Å². The summed E-state index contributed by atoms with van der Waals surface area (Å²) in [6, 6.07) is 3.27. The van der Waals surface area contributed by atoms with Crippen LogP contribution in [0.15, 0.2) is 18.2 Å². The van der Waals surface area contributed by atoms with Gasteiger partial charge in [-0.25, -0.2) is 4.79 Å². The van der Waals surface area contributed by atoms with Crippen molar-refractivity contribution in [2.45, 2.75) is 52.6 Å². The highest BCUT2D eigenvalue weighted by atomic mass is 16.4. The molecule has 0 aliphatic rings. The quantitative estimate of drug-likeness (QED) is 0.611. The number of carboxylic acids is 1. The number of carbonyl (C=O) groups is 3. The molecule has 0 saturated heterocycles. The van der Waals surface area contributed by atoms with Gasteiger partial charge in [0.25, 0.3) is 0 Å². The van der Waals surface area contributed by atoms with Crippen LogP contribution in [0.5, 0.6) is 0 Å². The molecule has 1 rings (SSSR count). The second-order valence-corrected chi connectivity index (χ2v) is 5.83. The minimum Gasteiger partial charge on any atom is -0.480 e. The van der Waals surface area contributed by atoms with Crippen molar-refractivity contribution in [1.29, 1.82) is 0 Å². The summed E-state index contributed by atoms with van der Waals surface area (Å²) in [5.41, 5.74) is 2.57. The van der Waals surface area contributed by atoms with Gasteiger partial charge in [0.1, 0.15) is 6.04 Å². The summed E-state index contributed by atoms with van der Waals surface area (Å²) in [5, 5.41) is 16.6. The molecule has 0 aliphatic heterocycles. The first-order chi connectivity index (χ1) is 11.2. The number of imide groups is 1. The summed E-state index contributed by atoms with van der Waals surface area (Å²) < 4.78 is 0. The molecule has 0 bridgehead atoms. The number of carbonyl (C=O) groups excluding carboxylic acids is 2. The molecule has 1 aromatic rings. The molecule has 2 unspecified atom stereocenters. The van der Waals surface area contributed by atoms with E-state index in [0.29, 0.717) is 18.5 Å². The Balaban J connectivity index is 2.59. The normalized spacial score (nSPS) is 13.0. The number of hydrogen-bond acceptors (Lipinski definition) is 4. The van der Waals surface area contributed by atoms with Crippen molar-refractivity contribution < 1.29 is 19.5 Å². The first kappa shape index (κ1) is 19.6. The Kier molecular flexibility index (Phi) is 7.38. The number of hydrogen-bond donors (Lipinski definition) is 4. The summed E-state index contributed by atoms with van der Waals surface area (Å²) in [6.45, 7) is 7.19. The molecule has 0 heterocycles. The summed E-state index contributed by atoms with van der Waals surface area (Å²) >= 11 is 0. The molecule has 0 spiro atoms. The summed E-state index contributed by atoms with van der Waals surface area (Å²) in [7, 11) is 0. The Labute approximate surface area is 141 Å². The van der Waals surface area contributed by atoms with E-state index in [4.69, 9.17) is 5.11 Å². The van der Waals surface area contributed by atoms with Gasteiger partial charge in [0.15, 0.2) is 0 Å². The first-order valence-electron chi connectivity index (χ1n) is 7.92. The Morgan fingerprint density at radius 2 is 1.88 bits per heavy atom. The zero-order valence-corrected chi connectivity index (χ0v) is 14.5. The predicted molar refractivity (Wildman–Crippen MR) is 92.0 cm³/mol. The maximum Gasteiger partial charge on any atom is 0.325 e. The van der Waals surface area contributed by atoms with E-state index >= 15 is 0 Å². The van der Waals surface area contributed by atoms with Gasteiger partial charge in [0.2, 0.25) is 5.91 Å². The second kappa shape index (κ2) is 9.02. The largest absolute Gasteiger partial charge is 0.480 e. The van der Waals surface area contributed by atoms with Gasteiger partial charge in [0.05, 0.1) is 6.04 Å². The second-order valence-electron chi connectivity index (χ2n) is 5.83. The van der Waals surface area contributed by atoms with Crippen molar-refractivity contribution in [2.24, 2.45) is 0 Å². The molecule has 132 valence electrons. The third kappa shape index (κ3) is 6.00. The van der Waals surface area contributed by atoms with Gasteiger partial charge < -0.3 is 10.4 Å². The molecule has 7 nitrogen and oxygen atoms in total.